The van der Waals surface area contributed by atoms with Crippen LogP contribution in [0.4, 0.5) is 13.9 Å². The molecule has 3 aromatic rings. The summed E-state index contributed by atoms with van der Waals surface area (Å²) in [6.45, 7) is 0. The number of carbonyl (C=O) groups is 1. The fraction of sp³-hybridized carbons (Fsp3) is 0.440. The van der Waals surface area contributed by atoms with Crippen LogP contribution in [0.2, 0.25) is 0 Å². The standard InChI is InChI=1S/C25H26F2N2O4S2/c1-33-16-4-9-22-23(13-16)34-25(28-22)29-24(30)19(10-14-11-20(26)21(27)12-14)15-2-5-17(6-3-15)35(31,32)18-7-8-18/h2-6,9,13-14,18-21H,7-8,10-12H2,1H3,(H,28,29,30)/t14?,19-,20?,21?/m1/s1. The van der Waals surface area contributed by atoms with Gasteiger partial charge in [-0.25, -0.2) is 22.2 Å². The molecule has 2 unspecified atom stereocenters. The number of nitrogens with zero attached hydrogens (tertiary/aromatic N) is 1. The highest BCUT2D eigenvalue weighted by Gasteiger charge is 2.38. The summed E-state index contributed by atoms with van der Waals surface area (Å²) >= 11 is 1.30. The zero-order chi connectivity index (χ0) is 24.7. The number of rotatable bonds is 8. The molecule has 186 valence electrons. The summed E-state index contributed by atoms with van der Waals surface area (Å²) in [6.07, 6.45) is -1.30. The van der Waals surface area contributed by atoms with Crippen molar-refractivity contribution in [1.29, 1.82) is 0 Å². The number of hydrogen-bond acceptors (Lipinski definition) is 6. The molecule has 3 atom stereocenters. The van der Waals surface area contributed by atoms with Crippen LogP contribution in [-0.2, 0) is 14.6 Å². The number of thiazole rings is 1. The summed E-state index contributed by atoms with van der Waals surface area (Å²) < 4.78 is 58.9. The highest BCUT2D eigenvalue weighted by Crippen LogP contribution is 2.39. The van der Waals surface area contributed by atoms with Gasteiger partial charge in [0.15, 0.2) is 15.0 Å². The van der Waals surface area contributed by atoms with E-state index in [1.54, 1.807) is 31.4 Å². The summed E-state index contributed by atoms with van der Waals surface area (Å²) in [5, 5.41) is 2.94. The van der Waals surface area contributed by atoms with E-state index in [4.69, 9.17) is 4.74 Å². The van der Waals surface area contributed by atoms with Gasteiger partial charge in [0.25, 0.3) is 0 Å². The predicted molar refractivity (Wildman–Crippen MR) is 131 cm³/mol. The number of ether oxygens (including phenoxy) is 1. The van der Waals surface area contributed by atoms with Crippen LogP contribution >= 0.6 is 11.3 Å². The van der Waals surface area contributed by atoms with Crippen LogP contribution < -0.4 is 10.1 Å². The van der Waals surface area contributed by atoms with Crippen molar-refractivity contribution in [3.63, 3.8) is 0 Å². The molecule has 2 saturated carbocycles. The average Bonchev–Trinajstić information content (AvgIpc) is 3.56. The molecular weight excluding hydrogens is 494 g/mol. The number of amides is 1. The molecular formula is C25H26F2N2O4S2. The molecule has 0 spiro atoms. The number of aromatic nitrogens is 1. The highest BCUT2D eigenvalue weighted by atomic mass is 32.2. The Morgan fingerprint density at radius 1 is 1.14 bits per heavy atom. The van der Waals surface area contributed by atoms with Crippen LogP contribution in [0.15, 0.2) is 47.4 Å². The third kappa shape index (κ3) is 5.04. The number of nitrogens with one attached hydrogen (secondary N) is 1. The molecule has 6 nitrogen and oxygen atoms in total. The SMILES string of the molecule is COc1ccc2nc(NC(=O)[C@H](CC3CC(F)C(F)C3)c3ccc(S(=O)(=O)C4CC4)cc3)sc2c1. The zero-order valence-corrected chi connectivity index (χ0v) is 20.7. The lowest BCUT2D eigenvalue weighted by atomic mass is 9.87. The van der Waals surface area contributed by atoms with Crippen molar-refractivity contribution < 1.29 is 26.7 Å². The minimum absolute atomic E-state index is 0.0695. The monoisotopic (exact) mass is 520 g/mol. The van der Waals surface area contributed by atoms with E-state index in [2.05, 4.69) is 10.3 Å². The Bertz CT molecular complexity index is 1330. The largest absolute Gasteiger partial charge is 0.497 e. The minimum atomic E-state index is -3.35. The molecule has 10 heteroatoms. The van der Waals surface area contributed by atoms with Crippen molar-refractivity contribution in [2.45, 2.75) is 60.5 Å². The molecule has 2 aromatic carbocycles. The number of hydrogen-bond donors (Lipinski definition) is 1. The molecule has 5 rings (SSSR count). The van der Waals surface area contributed by atoms with Crippen molar-refractivity contribution in [2.24, 2.45) is 5.92 Å². The number of sulfone groups is 1. The Morgan fingerprint density at radius 2 is 1.83 bits per heavy atom. The van der Waals surface area contributed by atoms with Crippen molar-refractivity contribution in [3.8, 4) is 5.75 Å². The van der Waals surface area contributed by atoms with Crippen LogP contribution in [0, 0.1) is 5.92 Å². The Labute approximate surface area is 206 Å². The molecule has 2 aliphatic carbocycles. The van der Waals surface area contributed by atoms with E-state index in [1.807, 2.05) is 6.07 Å². The van der Waals surface area contributed by atoms with Crippen molar-refractivity contribution >= 4 is 42.4 Å². The van der Waals surface area contributed by atoms with Gasteiger partial charge in [0.1, 0.15) is 18.1 Å². The van der Waals surface area contributed by atoms with E-state index < -0.39 is 28.1 Å². The number of fused-ring (bicyclic) bond motifs is 1. The first-order valence-corrected chi connectivity index (χ1v) is 14.0. The Morgan fingerprint density at radius 3 is 2.46 bits per heavy atom. The van der Waals surface area contributed by atoms with Crippen molar-refractivity contribution in [1.82, 2.24) is 4.98 Å². The topological polar surface area (TPSA) is 85.4 Å². The van der Waals surface area contributed by atoms with Gasteiger partial charge < -0.3 is 10.1 Å². The predicted octanol–water partition coefficient (Wildman–Crippen LogP) is 5.44. The van der Waals surface area contributed by atoms with E-state index in [0.717, 1.165) is 4.70 Å². The molecule has 1 N–H and O–H groups in total. The first kappa shape index (κ1) is 24.1. The van der Waals surface area contributed by atoms with E-state index in [-0.39, 0.29) is 41.2 Å². The van der Waals surface area contributed by atoms with E-state index in [0.29, 0.717) is 34.8 Å². The lowest BCUT2D eigenvalue weighted by Crippen LogP contribution is -2.23. The molecule has 0 bridgehead atoms. The maximum absolute atomic E-state index is 13.9. The number of halogens is 2. The summed E-state index contributed by atoms with van der Waals surface area (Å²) in [7, 11) is -1.78. The van der Waals surface area contributed by atoms with Crippen molar-refractivity contribution in [3.05, 3.63) is 48.0 Å². The van der Waals surface area contributed by atoms with Crippen molar-refractivity contribution in [2.75, 3.05) is 12.4 Å². The Kier molecular flexibility index (Phi) is 6.52. The molecule has 1 aromatic heterocycles. The molecule has 0 radical (unpaired) electrons. The Hall–Kier alpha value is -2.59. The van der Waals surface area contributed by atoms with Crippen LogP contribution in [0.3, 0.4) is 0 Å². The number of alkyl halides is 2. The van der Waals surface area contributed by atoms with Crippen LogP contribution in [0.5, 0.6) is 5.75 Å². The summed E-state index contributed by atoms with van der Waals surface area (Å²) in [5.74, 6) is -0.644. The third-order valence-electron chi connectivity index (χ3n) is 6.79. The molecule has 2 aliphatic rings. The van der Waals surface area contributed by atoms with Gasteiger partial charge in [-0.15, -0.1) is 0 Å². The Balaban J connectivity index is 1.40. The minimum Gasteiger partial charge on any atom is -0.497 e. The lowest BCUT2D eigenvalue weighted by Gasteiger charge is -2.20. The fourth-order valence-electron chi connectivity index (χ4n) is 4.69. The summed E-state index contributed by atoms with van der Waals surface area (Å²) in [6, 6.07) is 11.7. The lowest BCUT2D eigenvalue weighted by molar-refractivity contribution is -0.118. The van der Waals surface area contributed by atoms with Gasteiger partial charge in [0, 0.05) is 0 Å². The van der Waals surface area contributed by atoms with Gasteiger partial charge in [-0.05, 0) is 73.9 Å². The van der Waals surface area contributed by atoms with Crippen LogP contribution in [0.25, 0.3) is 10.2 Å². The van der Waals surface area contributed by atoms with E-state index in [9.17, 15) is 22.0 Å². The average molecular weight is 521 g/mol. The van der Waals surface area contributed by atoms with Gasteiger partial charge in [-0.3, -0.25) is 4.79 Å². The molecule has 1 amide bonds. The number of benzene rings is 2. The van der Waals surface area contributed by atoms with Gasteiger partial charge in [-0.2, -0.15) is 0 Å². The maximum atomic E-state index is 13.9. The first-order valence-electron chi connectivity index (χ1n) is 11.6. The molecule has 1 heterocycles. The smallest absolute Gasteiger partial charge is 0.233 e. The summed E-state index contributed by atoms with van der Waals surface area (Å²) in [4.78, 5) is 18.1. The quantitative estimate of drug-likeness (QED) is 0.428. The fourth-order valence-corrected chi connectivity index (χ4v) is 7.24. The second-order valence-corrected chi connectivity index (χ2v) is 12.6. The second kappa shape index (κ2) is 9.46. The zero-order valence-electron chi connectivity index (χ0n) is 19.1. The number of anilines is 1. The highest BCUT2D eigenvalue weighted by molar-refractivity contribution is 7.92. The van der Waals surface area contributed by atoms with E-state index >= 15 is 0 Å². The van der Waals surface area contributed by atoms with E-state index in [1.165, 1.54) is 23.5 Å². The van der Waals surface area contributed by atoms with Crippen LogP contribution in [-0.4, -0.2) is 44.0 Å². The molecule has 0 saturated heterocycles. The molecule has 35 heavy (non-hydrogen) atoms. The molecule has 0 aliphatic heterocycles. The number of methoxy groups -OCH3 is 1. The maximum Gasteiger partial charge on any atom is 0.233 e. The number of carbonyl (C=O) groups excluding carboxylic acids is 1. The molecule has 2 fully saturated rings. The first-order chi connectivity index (χ1) is 16.7. The van der Waals surface area contributed by atoms with Crippen LogP contribution in [0.1, 0.15) is 43.6 Å². The second-order valence-electron chi connectivity index (χ2n) is 9.31. The van der Waals surface area contributed by atoms with Gasteiger partial charge in [0.2, 0.25) is 5.91 Å². The van der Waals surface area contributed by atoms with Gasteiger partial charge in [0.05, 0.1) is 33.4 Å². The van der Waals surface area contributed by atoms with Gasteiger partial charge in [-0.1, -0.05) is 23.5 Å². The van der Waals surface area contributed by atoms with Gasteiger partial charge >= 0.3 is 0 Å². The third-order valence-corrected chi connectivity index (χ3v) is 10.0. The normalized spacial score (nSPS) is 23.3. The summed E-state index contributed by atoms with van der Waals surface area (Å²) in [5.41, 5.74) is 1.33.